The molecule has 0 fully saturated rings. The van der Waals surface area contributed by atoms with Gasteiger partial charge >= 0.3 is 5.97 Å². The number of hydrogen-bond acceptors (Lipinski definition) is 2. The molecule has 0 heterocycles. The topological polar surface area (TPSA) is 40.5 Å². The number of carbonyl (C=O) groups is 1. The highest BCUT2D eigenvalue weighted by atomic mass is 16.4. The van der Waals surface area contributed by atoms with Gasteiger partial charge in [0.05, 0.1) is 0 Å². The van der Waals surface area contributed by atoms with E-state index < -0.39 is 12.0 Å². The first-order valence-corrected chi connectivity index (χ1v) is 6.58. The molecule has 1 N–H and O–H groups in total. The second-order valence-electron chi connectivity index (χ2n) is 4.70. The summed E-state index contributed by atoms with van der Waals surface area (Å²) in [7, 11) is 0. The molecule has 0 unspecified atom stereocenters. The van der Waals surface area contributed by atoms with Gasteiger partial charge in [0.25, 0.3) is 0 Å². The molecule has 0 amide bonds. The second-order valence-corrected chi connectivity index (χ2v) is 4.70. The van der Waals surface area contributed by atoms with E-state index >= 15 is 0 Å². The predicted octanol–water partition coefficient (Wildman–Crippen LogP) is 3.38. The van der Waals surface area contributed by atoms with Crippen molar-refractivity contribution in [3.8, 4) is 0 Å². The Bertz CT molecular complexity index is 395. The van der Waals surface area contributed by atoms with Gasteiger partial charge in [0.1, 0.15) is 6.04 Å². The van der Waals surface area contributed by atoms with Crippen LogP contribution in [0.3, 0.4) is 0 Å². The van der Waals surface area contributed by atoms with Crippen molar-refractivity contribution in [1.29, 1.82) is 0 Å². The molecule has 3 heteroatoms. The lowest BCUT2D eigenvalue weighted by Crippen LogP contribution is -2.42. The summed E-state index contributed by atoms with van der Waals surface area (Å²) in [5.41, 5.74) is 3.36. The van der Waals surface area contributed by atoms with Crippen LogP contribution in [0.1, 0.15) is 37.8 Å². The molecule has 3 nitrogen and oxygen atoms in total. The van der Waals surface area contributed by atoms with Crippen LogP contribution in [0.2, 0.25) is 0 Å². The zero-order valence-electron chi connectivity index (χ0n) is 11.7. The summed E-state index contributed by atoms with van der Waals surface area (Å²) in [6.45, 7) is 8.86. The van der Waals surface area contributed by atoms with Crippen molar-refractivity contribution in [3.63, 3.8) is 0 Å². The van der Waals surface area contributed by atoms with E-state index in [1.807, 2.05) is 43.9 Å². The van der Waals surface area contributed by atoms with Crippen LogP contribution in [0.4, 0.5) is 5.69 Å². The Hall–Kier alpha value is -1.51. The number of para-hydroxylation sites is 1. The van der Waals surface area contributed by atoms with E-state index in [4.69, 9.17) is 0 Å². The SMILES string of the molecule is CCCN(c1c(C)cccc1C)[C@H](CC)C(=O)O. The fraction of sp³-hybridized carbons (Fsp3) is 0.533. The van der Waals surface area contributed by atoms with E-state index in [0.29, 0.717) is 6.42 Å². The van der Waals surface area contributed by atoms with Gasteiger partial charge in [0, 0.05) is 12.2 Å². The highest BCUT2D eigenvalue weighted by Crippen LogP contribution is 2.27. The Balaban J connectivity index is 3.22. The molecule has 0 aliphatic heterocycles. The van der Waals surface area contributed by atoms with Gasteiger partial charge in [-0.05, 0) is 37.8 Å². The average Bonchev–Trinajstić information content (AvgIpc) is 2.29. The molecule has 1 atom stereocenters. The van der Waals surface area contributed by atoms with Crippen LogP contribution in [-0.4, -0.2) is 23.7 Å². The van der Waals surface area contributed by atoms with Crippen molar-refractivity contribution < 1.29 is 9.90 Å². The van der Waals surface area contributed by atoms with Gasteiger partial charge in [-0.2, -0.15) is 0 Å². The minimum atomic E-state index is -0.742. The number of benzene rings is 1. The average molecular weight is 249 g/mol. The summed E-state index contributed by atoms with van der Waals surface area (Å²) >= 11 is 0. The molecule has 0 radical (unpaired) electrons. The Morgan fingerprint density at radius 1 is 1.28 bits per heavy atom. The number of carboxylic acid groups (broad SMARTS) is 1. The fourth-order valence-corrected chi connectivity index (χ4v) is 2.45. The largest absolute Gasteiger partial charge is 0.480 e. The molecule has 0 saturated carbocycles. The van der Waals surface area contributed by atoms with Gasteiger partial charge in [0.15, 0.2) is 0 Å². The number of carboxylic acids is 1. The minimum absolute atomic E-state index is 0.440. The number of anilines is 1. The quantitative estimate of drug-likeness (QED) is 0.840. The highest BCUT2D eigenvalue weighted by Gasteiger charge is 2.25. The highest BCUT2D eigenvalue weighted by molar-refractivity contribution is 5.79. The standard InChI is InChI=1S/C15H23NO2/c1-5-10-16(13(6-2)15(17)18)14-11(3)8-7-9-12(14)4/h7-9,13H,5-6,10H2,1-4H3,(H,17,18)/t13-/m1/s1. The van der Waals surface area contributed by atoms with Gasteiger partial charge in [-0.15, -0.1) is 0 Å². The minimum Gasteiger partial charge on any atom is -0.480 e. The summed E-state index contributed by atoms with van der Waals surface area (Å²) in [6, 6.07) is 5.66. The van der Waals surface area contributed by atoms with E-state index in [1.165, 1.54) is 0 Å². The fourth-order valence-electron chi connectivity index (χ4n) is 2.45. The number of nitrogens with zero attached hydrogens (tertiary/aromatic N) is 1. The van der Waals surface area contributed by atoms with Crippen LogP contribution < -0.4 is 4.90 Å². The molecule has 1 aromatic rings. The van der Waals surface area contributed by atoms with Crippen LogP contribution in [-0.2, 0) is 4.79 Å². The first-order chi connectivity index (χ1) is 8.52. The normalized spacial score (nSPS) is 12.2. The summed E-state index contributed by atoms with van der Waals surface area (Å²) in [5, 5.41) is 9.37. The first-order valence-electron chi connectivity index (χ1n) is 6.58. The second kappa shape index (κ2) is 6.43. The van der Waals surface area contributed by atoms with Crippen LogP contribution >= 0.6 is 0 Å². The Morgan fingerprint density at radius 2 is 1.83 bits per heavy atom. The molecule has 100 valence electrons. The lowest BCUT2D eigenvalue weighted by Gasteiger charge is -2.32. The van der Waals surface area contributed by atoms with Crippen molar-refractivity contribution in [1.82, 2.24) is 0 Å². The molecule has 1 aromatic carbocycles. The van der Waals surface area contributed by atoms with E-state index in [-0.39, 0.29) is 0 Å². The van der Waals surface area contributed by atoms with Gasteiger partial charge in [-0.3, -0.25) is 0 Å². The van der Waals surface area contributed by atoms with Gasteiger partial charge in [-0.1, -0.05) is 32.0 Å². The third kappa shape index (κ3) is 3.03. The van der Waals surface area contributed by atoms with Crippen LogP contribution in [0, 0.1) is 13.8 Å². The summed E-state index contributed by atoms with van der Waals surface area (Å²) in [4.78, 5) is 13.4. The Labute approximate surface area is 109 Å². The number of aryl methyl sites for hydroxylation is 2. The van der Waals surface area contributed by atoms with Crippen molar-refractivity contribution in [2.45, 2.75) is 46.6 Å². The molecule has 0 aliphatic carbocycles. The monoisotopic (exact) mass is 249 g/mol. The molecule has 0 saturated heterocycles. The number of aliphatic carboxylic acids is 1. The summed E-state index contributed by atoms with van der Waals surface area (Å²) in [5.74, 6) is -0.742. The Kier molecular flexibility index (Phi) is 5.20. The third-order valence-electron chi connectivity index (χ3n) is 3.24. The van der Waals surface area contributed by atoms with Crippen LogP contribution in [0.15, 0.2) is 18.2 Å². The molecule has 0 aromatic heterocycles. The van der Waals surface area contributed by atoms with E-state index in [0.717, 1.165) is 29.8 Å². The molecule has 0 bridgehead atoms. The zero-order chi connectivity index (χ0) is 13.7. The van der Waals surface area contributed by atoms with Crippen molar-refractivity contribution in [2.24, 2.45) is 0 Å². The zero-order valence-corrected chi connectivity index (χ0v) is 11.7. The molecular weight excluding hydrogens is 226 g/mol. The van der Waals surface area contributed by atoms with Crippen LogP contribution in [0.5, 0.6) is 0 Å². The number of rotatable bonds is 6. The van der Waals surface area contributed by atoms with Crippen molar-refractivity contribution in [3.05, 3.63) is 29.3 Å². The van der Waals surface area contributed by atoms with Gasteiger partial charge in [-0.25, -0.2) is 4.79 Å². The Morgan fingerprint density at radius 3 is 2.22 bits per heavy atom. The maximum absolute atomic E-state index is 11.4. The van der Waals surface area contributed by atoms with Crippen molar-refractivity contribution in [2.75, 3.05) is 11.4 Å². The van der Waals surface area contributed by atoms with Crippen molar-refractivity contribution >= 4 is 11.7 Å². The lowest BCUT2D eigenvalue weighted by molar-refractivity contribution is -0.138. The van der Waals surface area contributed by atoms with E-state index in [1.54, 1.807) is 0 Å². The number of hydrogen-bond donors (Lipinski definition) is 1. The van der Waals surface area contributed by atoms with Crippen LogP contribution in [0.25, 0.3) is 0 Å². The summed E-state index contributed by atoms with van der Waals surface area (Å²) in [6.07, 6.45) is 1.56. The third-order valence-corrected chi connectivity index (χ3v) is 3.24. The molecule has 1 rings (SSSR count). The van der Waals surface area contributed by atoms with E-state index in [9.17, 15) is 9.90 Å². The van der Waals surface area contributed by atoms with Gasteiger partial charge < -0.3 is 10.0 Å². The lowest BCUT2D eigenvalue weighted by atomic mass is 10.0. The van der Waals surface area contributed by atoms with Gasteiger partial charge in [0.2, 0.25) is 0 Å². The molecule has 0 aliphatic rings. The molecule has 0 spiro atoms. The molecular formula is C15H23NO2. The maximum Gasteiger partial charge on any atom is 0.326 e. The predicted molar refractivity (Wildman–Crippen MR) is 75.3 cm³/mol. The summed E-state index contributed by atoms with van der Waals surface area (Å²) < 4.78 is 0. The maximum atomic E-state index is 11.4. The van der Waals surface area contributed by atoms with E-state index in [2.05, 4.69) is 6.92 Å². The first kappa shape index (κ1) is 14.6. The molecule has 18 heavy (non-hydrogen) atoms. The smallest absolute Gasteiger partial charge is 0.326 e.